The van der Waals surface area contributed by atoms with Gasteiger partial charge >= 0.3 is 5.97 Å². The number of thioether (sulfide) groups is 1. The Morgan fingerprint density at radius 1 is 1.69 bits per heavy atom. The number of esters is 1. The van der Waals surface area contributed by atoms with Gasteiger partial charge in [0, 0.05) is 10.8 Å². The quantitative estimate of drug-likeness (QED) is 0.803. The lowest BCUT2D eigenvalue weighted by Gasteiger charge is -2.04. The Bertz CT molecular complexity index is 359. The molecule has 0 aliphatic heterocycles. The summed E-state index contributed by atoms with van der Waals surface area (Å²) < 4.78 is 9.98. The number of rotatable bonds is 5. The smallest absolute Gasteiger partial charge is 0.374 e. The largest absolute Gasteiger partial charge is 0.463 e. The van der Waals surface area contributed by atoms with Gasteiger partial charge in [-0.1, -0.05) is 6.92 Å². The van der Waals surface area contributed by atoms with Crippen LogP contribution in [-0.4, -0.2) is 30.0 Å². The molecule has 0 fully saturated rings. The van der Waals surface area contributed by atoms with Crippen LogP contribution in [0.2, 0.25) is 0 Å². The van der Waals surface area contributed by atoms with Gasteiger partial charge < -0.3 is 14.3 Å². The van der Waals surface area contributed by atoms with Crippen molar-refractivity contribution in [3.8, 4) is 0 Å². The van der Waals surface area contributed by atoms with E-state index in [0.29, 0.717) is 5.75 Å². The van der Waals surface area contributed by atoms with Crippen LogP contribution in [0.4, 0.5) is 0 Å². The van der Waals surface area contributed by atoms with Gasteiger partial charge in [-0.15, -0.1) is 11.8 Å². The predicted molar refractivity (Wildman–Crippen MR) is 62.6 cm³/mol. The number of carbonyl (C=O) groups excluding carboxylic acids is 1. The highest BCUT2D eigenvalue weighted by molar-refractivity contribution is 7.99. The van der Waals surface area contributed by atoms with Gasteiger partial charge in [-0.05, 0) is 13.0 Å². The molecule has 1 rings (SSSR count). The molecule has 0 bridgehead atoms. The molecule has 1 aromatic rings. The molecule has 90 valence electrons. The maximum atomic E-state index is 11.3. The number of methoxy groups -OCH3 is 1. The molecule has 0 unspecified atom stereocenters. The van der Waals surface area contributed by atoms with Crippen LogP contribution in [0.1, 0.15) is 28.8 Å². The molecule has 0 amide bonds. The fourth-order valence-electron chi connectivity index (χ4n) is 1.19. The third-order valence-corrected chi connectivity index (χ3v) is 3.28. The summed E-state index contributed by atoms with van der Waals surface area (Å²) >= 11 is 1.57. The molecule has 1 aromatic heterocycles. The van der Waals surface area contributed by atoms with Crippen LogP contribution in [0, 0.1) is 6.92 Å². The van der Waals surface area contributed by atoms with E-state index in [1.54, 1.807) is 18.7 Å². The number of ether oxygens (including phenoxy) is 1. The first-order chi connectivity index (χ1) is 7.58. The Hall–Kier alpha value is -0.940. The molecule has 0 aliphatic rings. The highest BCUT2D eigenvalue weighted by atomic mass is 32.2. The molecule has 1 atom stereocenters. The van der Waals surface area contributed by atoms with Gasteiger partial charge in [0.2, 0.25) is 5.76 Å². The third kappa shape index (κ3) is 3.28. The molecule has 0 saturated carbocycles. The monoisotopic (exact) mass is 244 g/mol. The minimum Gasteiger partial charge on any atom is -0.463 e. The summed E-state index contributed by atoms with van der Waals surface area (Å²) in [6, 6.07) is 1.82. The Morgan fingerprint density at radius 2 is 2.38 bits per heavy atom. The first kappa shape index (κ1) is 13.1. The second kappa shape index (κ2) is 5.96. The van der Waals surface area contributed by atoms with E-state index in [1.807, 2.05) is 13.0 Å². The Balaban J connectivity index is 2.66. The molecule has 5 heteroatoms. The molecule has 0 aliphatic carbocycles. The molecule has 16 heavy (non-hydrogen) atoms. The minimum atomic E-state index is -0.455. The fourth-order valence-corrected chi connectivity index (χ4v) is 1.89. The molecule has 0 spiro atoms. The highest BCUT2D eigenvalue weighted by Gasteiger charge is 2.16. The number of carbonyl (C=O) groups is 1. The molecule has 0 saturated heterocycles. The van der Waals surface area contributed by atoms with E-state index in [1.165, 1.54) is 7.11 Å². The van der Waals surface area contributed by atoms with E-state index >= 15 is 0 Å². The summed E-state index contributed by atoms with van der Waals surface area (Å²) in [5, 5.41) is 9.03. The summed E-state index contributed by atoms with van der Waals surface area (Å²) in [5.74, 6) is 1.17. The molecular weight excluding hydrogens is 228 g/mol. The third-order valence-electron chi connectivity index (χ3n) is 2.11. The number of aryl methyl sites for hydroxylation is 1. The van der Waals surface area contributed by atoms with E-state index < -0.39 is 5.97 Å². The number of aliphatic hydroxyl groups excluding tert-OH is 1. The number of hydrogen-bond donors (Lipinski definition) is 1. The molecule has 0 aromatic carbocycles. The summed E-state index contributed by atoms with van der Waals surface area (Å²) in [4.78, 5) is 11.3. The van der Waals surface area contributed by atoms with Crippen LogP contribution < -0.4 is 0 Å². The maximum absolute atomic E-state index is 11.3. The van der Waals surface area contributed by atoms with Gasteiger partial charge in [-0.2, -0.15) is 0 Å². The van der Waals surface area contributed by atoms with Gasteiger partial charge in [0.25, 0.3) is 0 Å². The molecule has 0 radical (unpaired) electrons. The Labute approximate surface area is 99.0 Å². The van der Waals surface area contributed by atoms with Crippen LogP contribution in [0.25, 0.3) is 0 Å². The van der Waals surface area contributed by atoms with Crippen molar-refractivity contribution in [2.75, 3.05) is 13.7 Å². The first-order valence-electron chi connectivity index (χ1n) is 4.98. The van der Waals surface area contributed by atoms with E-state index in [9.17, 15) is 4.79 Å². The average Bonchev–Trinajstić information content (AvgIpc) is 2.66. The van der Waals surface area contributed by atoms with Crippen molar-refractivity contribution >= 4 is 17.7 Å². The SMILES string of the molecule is COC(=O)c1oc(CS[C@@H](C)CO)cc1C. The lowest BCUT2D eigenvalue weighted by molar-refractivity contribution is 0.0562. The zero-order valence-corrected chi connectivity index (χ0v) is 10.5. The van der Waals surface area contributed by atoms with Crippen LogP contribution >= 0.6 is 11.8 Å². The van der Waals surface area contributed by atoms with E-state index in [2.05, 4.69) is 4.74 Å². The minimum absolute atomic E-state index is 0.133. The van der Waals surface area contributed by atoms with Crippen LogP contribution in [-0.2, 0) is 10.5 Å². The van der Waals surface area contributed by atoms with Crippen LogP contribution in [0.15, 0.2) is 10.5 Å². The molecule has 4 nitrogen and oxygen atoms in total. The summed E-state index contributed by atoms with van der Waals surface area (Å²) in [5.41, 5.74) is 0.777. The lowest BCUT2D eigenvalue weighted by atomic mass is 10.3. The normalized spacial score (nSPS) is 12.5. The summed E-state index contributed by atoms with van der Waals surface area (Å²) in [6.45, 7) is 3.87. The predicted octanol–water partition coefficient (Wildman–Crippen LogP) is 1.99. The van der Waals surface area contributed by atoms with Crippen LogP contribution in [0.5, 0.6) is 0 Å². The first-order valence-corrected chi connectivity index (χ1v) is 6.03. The van der Waals surface area contributed by atoms with Crippen molar-refractivity contribution in [1.82, 2.24) is 0 Å². The van der Waals surface area contributed by atoms with Crippen molar-refractivity contribution in [1.29, 1.82) is 0 Å². The molecular formula is C11H16O4S. The van der Waals surface area contributed by atoms with Gasteiger partial charge in [-0.3, -0.25) is 0 Å². The van der Waals surface area contributed by atoms with Gasteiger partial charge in [0.15, 0.2) is 0 Å². The zero-order valence-electron chi connectivity index (χ0n) is 9.65. The summed E-state index contributed by atoms with van der Waals surface area (Å²) in [6.07, 6.45) is 0. The van der Waals surface area contributed by atoms with Gasteiger partial charge in [0.05, 0.1) is 19.5 Å². The second-order valence-corrected chi connectivity index (χ2v) is 4.95. The second-order valence-electron chi connectivity index (χ2n) is 3.52. The van der Waals surface area contributed by atoms with E-state index in [4.69, 9.17) is 9.52 Å². The standard InChI is InChI=1S/C11H16O4S/c1-7-4-9(6-16-8(2)5-12)15-10(7)11(13)14-3/h4,8,12H,5-6H2,1-3H3/t8-/m0/s1. The summed E-state index contributed by atoms with van der Waals surface area (Å²) in [7, 11) is 1.33. The van der Waals surface area contributed by atoms with Crippen molar-refractivity contribution in [2.45, 2.75) is 24.9 Å². The topological polar surface area (TPSA) is 59.7 Å². The van der Waals surface area contributed by atoms with Crippen molar-refractivity contribution < 1.29 is 19.1 Å². The van der Waals surface area contributed by atoms with Crippen molar-refractivity contribution in [2.24, 2.45) is 0 Å². The maximum Gasteiger partial charge on any atom is 0.374 e. The van der Waals surface area contributed by atoms with Gasteiger partial charge in [-0.25, -0.2) is 4.79 Å². The number of hydrogen-bond acceptors (Lipinski definition) is 5. The van der Waals surface area contributed by atoms with Crippen LogP contribution in [0.3, 0.4) is 0 Å². The van der Waals surface area contributed by atoms with Crippen molar-refractivity contribution in [3.05, 3.63) is 23.2 Å². The van der Waals surface area contributed by atoms with Gasteiger partial charge in [0.1, 0.15) is 5.76 Å². The Kier molecular flexibility index (Phi) is 4.89. The fraction of sp³-hybridized carbons (Fsp3) is 0.545. The zero-order chi connectivity index (χ0) is 12.1. The Morgan fingerprint density at radius 3 is 2.94 bits per heavy atom. The average molecular weight is 244 g/mol. The molecule has 1 N–H and O–H groups in total. The van der Waals surface area contributed by atoms with E-state index in [-0.39, 0.29) is 17.6 Å². The van der Waals surface area contributed by atoms with E-state index in [0.717, 1.165) is 11.3 Å². The number of aliphatic hydroxyl groups is 1. The molecule has 1 heterocycles. The highest BCUT2D eigenvalue weighted by Crippen LogP contribution is 2.22. The number of furan rings is 1. The lowest BCUT2D eigenvalue weighted by Crippen LogP contribution is -2.02. The van der Waals surface area contributed by atoms with Crippen molar-refractivity contribution in [3.63, 3.8) is 0 Å².